The molecule has 0 fully saturated rings. The van der Waals surface area contributed by atoms with Crippen molar-refractivity contribution in [1.82, 2.24) is 0 Å². The van der Waals surface area contributed by atoms with E-state index in [2.05, 4.69) is 11.8 Å². The van der Waals surface area contributed by atoms with Crippen molar-refractivity contribution in [3.05, 3.63) is 29.8 Å². The van der Waals surface area contributed by atoms with E-state index in [1.165, 1.54) is 0 Å². The Morgan fingerprint density at radius 1 is 1.09 bits per heavy atom. The summed E-state index contributed by atoms with van der Waals surface area (Å²) in [6.45, 7) is 6.99. The number of carbonyl (C=O) groups is 1. The summed E-state index contributed by atoms with van der Waals surface area (Å²) in [7, 11) is 0. The molecule has 22 heavy (non-hydrogen) atoms. The molecule has 0 spiro atoms. The highest BCUT2D eigenvalue weighted by molar-refractivity contribution is 5.88. The smallest absolute Gasteiger partial charge is 0.384 e. The Balaban J connectivity index is 2.72. The number of ether oxygens (including phenoxy) is 4. The molecule has 5 heteroatoms. The zero-order chi connectivity index (χ0) is 16.2. The Morgan fingerprint density at radius 3 is 2.41 bits per heavy atom. The van der Waals surface area contributed by atoms with E-state index in [0.717, 1.165) is 5.56 Å². The number of esters is 1. The van der Waals surface area contributed by atoms with Gasteiger partial charge in [0, 0.05) is 24.7 Å². The van der Waals surface area contributed by atoms with E-state index < -0.39 is 12.3 Å². The molecule has 0 aromatic heterocycles. The van der Waals surface area contributed by atoms with Gasteiger partial charge in [0.1, 0.15) is 12.4 Å². The molecule has 0 saturated heterocycles. The number of benzene rings is 1. The van der Waals surface area contributed by atoms with Gasteiger partial charge in [-0.05, 0) is 32.8 Å². The number of rotatable bonds is 8. The van der Waals surface area contributed by atoms with Crippen LogP contribution in [0.15, 0.2) is 24.3 Å². The maximum atomic E-state index is 11.1. The van der Waals surface area contributed by atoms with Gasteiger partial charge < -0.3 is 18.9 Å². The van der Waals surface area contributed by atoms with E-state index in [1.807, 2.05) is 38.1 Å². The third-order valence-electron chi connectivity index (χ3n) is 2.57. The number of carbonyl (C=O) groups excluding carboxylic acids is 1. The normalized spacial score (nSPS) is 10.0. The molecule has 1 rings (SSSR count). The molecule has 0 unspecified atom stereocenters. The summed E-state index contributed by atoms with van der Waals surface area (Å²) in [6.07, 6.45) is -0.482. The Hall–Kier alpha value is -2.03. The second-order valence-electron chi connectivity index (χ2n) is 4.09. The number of hydrogen-bond acceptors (Lipinski definition) is 5. The van der Waals surface area contributed by atoms with Gasteiger partial charge in [-0.1, -0.05) is 18.2 Å². The van der Waals surface area contributed by atoms with Crippen molar-refractivity contribution in [1.29, 1.82) is 0 Å². The van der Waals surface area contributed by atoms with Crippen LogP contribution in [-0.2, 0) is 19.0 Å². The summed E-state index contributed by atoms with van der Waals surface area (Å²) in [4.78, 5) is 11.1. The van der Waals surface area contributed by atoms with Gasteiger partial charge in [0.15, 0.2) is 6.29 Å². The molecule has 0 saturated carbocycles. The van der Waals surface area contributed by atoms with E-state index in [-0.39, 0.29) is 6.61 Å². The topological polar surface area (TPSA) is 54.0 Å². The summed E-state index contributed by atoms with van der Waals surface area (Å²) in [5.41, 5.74) is 0.795. The van der Waals surface area contributed by atoms with Crippen LogP contribution in [0.2, 0.25) is 0 Å². The van der Waals surface area contributed by atoms with Crippen molar-refractivity contribution in [2.75, 3.05) is 26.4 Å². The minimum atomic E-state index is -0.555. The van der Waals surface area contributed by atoms with Crippen molar-refractivity contribution in [3.8, 4) is 17.6 Å². The fraction of sp³-hybridized carbons (Fsp3) is 0.471. The Bertz CT molecular complexity index is 509. The van der Waals surface area contributed by atoms with Crippen LogP contribution in [0.4, 0.5) is 0 Å². The zero-order valence-electron chi connectivity index (χ0n) is 13.3. The van der Waals surface area contributed by atoms with E-state index in [4.69, 9.17) is 18.9 Å². The number of hydrogen-bond donors (Lipinski definition) is 0. The third kappa shape index (κ3) is 6.17. The minimum absolute atomic E-state index is 0.0841. The largest absolute Gasteiger partial charge is 0.480 e. The molecule has 1 aromatic rings. The van der Waals surface area contributed by atoms with Crippen LogP contribution in [0.25, 0.3) is 0 Å². The van der Waals surface area contributed by atoms with Gasteiger partial charge in [-0.25, -0.2) is 4.79 Å². The maximum Gasteiger partial charge on any atom is 0.384 e. The molecule has 0 aliphatic carbocycles. The monoisotopic (exact) mass is 306 g/mol. The lowest BCUT2D eigenvalue weighted by molar-refractivity contribution is -0.141. The molecule has 1 aromatic carbocycles. The predicted octanol–water partition coefficient (Wildman–Crippen LogP) is 2.70. The summed E-state index contributed by atoms with van der Waals surface area (Å²) in [5, 5.41) is 0. The highest BCUT2D eigenvalue weighted by Crippen LogP contribution is 2.28. The van der Waals surface area contributed by atoms with Gasteiger partial charge in [-0.3, -0.25) is 0 Å². The molecule has 0 bridgehead atoms. The van der Waals surface area contributed by atoms with Gasteiger partial charge in [-0.2, -0.15) is 0 Å². The average molecular weight is 306 g/mol. The average Bonchev–Trinajstić information content (AvgIpc) is 2.52. The zero-order valence-corrected chi connectivity index (χ0v) is 13.3. The minimum Gasteiger partial charge on any atom is -0.480 e. The van der Waals surface area contributed by atoms with Crippen LogP contribution in [0.1, 0.15) is 32.6 Å². The Morgan fingerprint density at radius 2 is 1.77 bits per heavy atom. The summed E-state index contributed by atoms with van der Waals surface area (Å²) in [6, 6.07) is 7.43. The van der Waals surface area contributed by atoms with Crippen LogP contribution in [-0.4, -0.2) is 32.4 Å². The van der Waals surface area contributed by atoms with Crippen LogP contribution in [0, 0.1) is 11.8 Å². The molecule has 5 nitrogen and oxygen atoms in total. The van der Waals surface area contributed by atoms with E-state index in [9.17, 15) is 4.79 Å². The van der Waals surface area contributed by atoms with E-state index in [1.54, 1.807) is 6.92 Å². The standard InChI is InChI=1S/C17H22O5/c1-4-19-16(18)12-9-13-22-15-11-8-7-10-14(15)17(20-5-2)21-6-3/h7-8,10-11,17H,4-6,13H2,1-3H3. The lowest BCUT2D eigenvalue weighted by Crippen LogP contribution is -2.11. The second kappa shape index (κ2) is 10.7. The van der Waals surface area contributed by atoms with Gasteiger partial charge in [0.05, 0.1) is 6.61 Å². The van der Waals surface area contributed by atoms with Crippen LogP contribution < -0.4 is 4.74 Å². The summed E-state index contributed by atoms with van der Waals surface area (Å²) >= 11 is 0. The van der Waals surface area contributed by atoms with Crippen molar-refractivity contribution in [2.24, 2.45) is 0 Å². The van der Waals surface area contributed by atoms with Gasteiger partial charge >= 0.3 is 5.97 Å². The quantitative estimate of drug-likeness (QED) is 0.320. The fourth-order valence-electron chi connectivity index (χ4n) is 1.73. The van der Waals surface area contributed by atoms with Crippen LogP contribution in [0.3, 0.4) is 0 Å². The van der Waals surface area contributed by atoms with Crippen molar-refractivity contribution in [3.63, 3.8) is 0 Å². The molecular formula is C17H22O5. The molecule has 0 heterocycles. The van der Waals surface area contributed by atoms with E-state index >= 15 is 0 Å². The molecule has 0 aliphatic heterocycles. The lowest BCUT2D eigenvalue weighted by atomic mass is 10.2. The maximum absolute atomic E-state index is 11.1. The summed E-state index contributed by atoms with van der Waals surface area (Å²) < 4.78 is 21.5. The molecular weight excluding hydrogens is 284 g/mol. The van der Waals surface area contributed by atoms with Crippen LogP contribution in [0.5, 0.6) is 5.75 Å². The van der Waals surface area contributed by atoms with Gasteiger partial charge in [0.2, 0.25) is 0 Å². The highest BCUT2D eigenvalue weighted by Gasteiger charge is 2.16. The Kier molecular flexibility index (Phi) is 8.73. The molecule has 0 radical (unpaired) electrons. The summed E-state index contributed by atoms with van der Waals surface area (Å²) in [5.74, 6) is 5.04. The van der Waals surface area contributed by atoms with Crippen molar-refractivity contribution in [2.45, 2.75) is 27.1 Å². The van der Waals surface area contributed by atoms with Crippen molar-refractivity contribution >= 4 is 5.97 Å². The molecule has 0 atom stereocenters. The third-order valence-corrected chi connectivity index (χ3v) is 2.57. The second-order valence-corrected chi connectivity index (χ2v) is 4.09. The molecule has 0 amide bonds. The lowest BCUT2D eigenvalue weighted by Gasteiger charge is -2.19. The first kappa shape index (κ1) is 18.0. The molecule has 120 valence electrons. The van der Waals surface area contributed by atoms with Crippen LogP contribution >= 0.6 is 0 Å². The Labute approximate surface area is 131 Å². The van der Waals surface area contributed by atoms with Crippen molar-refractivity contribution < 1.29 is 23.7 Å². The molecule has 0 aliphatic rings. The van der Waals surface area contributed by atoms with E-state index in [0.29, 0.717) is 25.6 Å². The molecule has 0 N–H and O–H groups in total. The van der Waals surface area contributed by atoms with Gasteiger partial charge in [0.25, 0.3) is 0 Å². The fourth-order valence-corrected chi connectivity index (χ4v) is 1.73. The van der Waals surface area contributed by atoms with Gasteiger partial charge in [-0.15, -0.1) is 0 Å². The SMILES string of the molecule is CCOC(=O)C#CCOc1ccccc1C(OCC)OCC. The predicted molar refractivity (Wildman–Crippen MR) is 82.3 cm³/mol. The highest BCUT2D eigenvalue weighted by atomic mass is 16.7. The first-order valence-electron chi connectivity index (χ1n) is 7.33. The number of para-hydroxylation sites is 1. The first-order chi connectivity index (χ1) is 10.7. The first-order valence-corrected chi connectivity index (χ1v) is 7.33.